The summed E-state index contributed by atoms with van der Waals surface area (Å²) in [7, 11) is 0. The highest BCUT2D eigenvalue weighted by atomic mass is 16.4. The number of carboxylic acid groups (broad SMARTS) is 1. The van der Waals surface area contributed by atoms with Gasteiger partial charge in [-0.15, -0.1) is 0 Å². The van der Waals surface area contributed by atoms with E-state index in [0.29, 0.717) is 6.54 Å². The molecule has 2 heterocycles. The summed E-state index contributed by atoms with van der Waals surface area (Å²) in [4.78, 5) is 25.3. The summed E-state index contributed by atoms with van der Waals surface area (Å²) in [6.45, 7) is 2.40. The van der Waals surface area contributed by atoms with Gasteiger partial charge in [0.1, 0.15) is 0 Å². The third kappa shape index (κ3) is 2.29. The number of carboxylic acids is 1. The van der Waals surface area contributed by atoms with Crippen LogP contribution in [0.25, 0.3) is 0 Å². The van der Waals surface area contributed by atoms with E-state index in [1.807, 2.05) is 4.90 Å². The molecule has 1 aromatic rings. The minimum atomic E-state index is -0.922. The predicted octanol–water partition coefficient (Wildman–Crippen LogP) is 1.27. The molecule has 0 radical (unpaired) electrons. The second-order valence-electron chi connectivity index (χ2n) is 5.43. The molecule has 1 aromatic carbocycles. The zero-order valence-corrected chi connectivity index (χ0v) is 11.3. The molecule has 2 aliphatic heterocycles. The summed E-state index contributed by atoms with van der Waals surface area (Å²) >= 11 is 0. The lowest BCUT2D eigenvalue weighted by atomic mass is 9.98. The third-order valence-electron chi connectivity index (χ3n) is 4.13. The average molecular weight is 274 g/mol. The average Bonchev–Trinajstić information content (AvgIpc) is 2.90. The van der Waals surface area contributed by atoms with Gasteiger partial charge in [-0.3, -0.25) is 4.79 Å². The van der Waals surface area contributed by atoms with Gasteiger partial charge >= 0.3 is 5.97 Å². The number of carbonyl (C=O) groups is 2. The highest BCUT2D eigenvalue weighted by Crippen LogP contribution is 2.31. The molecule has 1 amide bonds. The molecule has 3 rings (SSSR count). The van der Waals surface area contributed by atoms with Crippen molar-refractivity contribution in [1.29, 1.82) is 0 Å². The SMILES string of the molecule is O=C(O)c1ccc2c(c1)CCN2C(=O)[C@@H]1CCCNC1. The molecular formula is C15H18N2O3. The maximum atomic E-state index is 12.6. The number of rotatable bonds is 2. The molecule has 1 saturated heterocycles. The van der Waals surface area contributed by atoms with Gasteiger partial charge in [-0.05, 0) is 49.6 Å². The number of carbonyl (C=O) groups excluding carboxylic acids is 1. The number of anilines is 1. The topological polar surface area (TPSA) is 69.6 Å². The van der Waals surface area contributed by atoms with E-state index in [4.69, 9.17) is 5.11 Å². The number of nitrogens with one attached hydrogen (secondary N) is 1. The van der Waals surface area contributed by atoms with Crippen LogP contribution in [-0.4, -0.2) is 36.6 Å². The van der Waals surface area contributed by atoms with Gasteiger partial charge in [0.2, 0.25) is 5.91 Å². The van der Waals surface area contributed by atoms with Crippen molar-refractivity contribution in [3.05, 3.63) is 29.3 Å². The van der Waals surface area contributed by atoms with Crippen molar-refractivity contribution in [3.8, 4) is 0 Å². The Hall–Kier alpha value is -1.88. The Labute approximate surface area is 117 Å². The van der Waals surface area contributed by atoms with Gasteiger partial charge in [-0.2, -0.15) is 0 Å². The molecule has 1 fully saturated rings. The van der Waals surface area contributed by atoms with Crippen molar-refractivity contribution in [2.24, 2.45) is 5.92 Å². The zero-order valence-electron chi connectivity index (χ0n) is 11.3. The van der Waals surface area contributed by atoms with Crippen LogP contribution in [0.15, 0.2) is 18.2 Å². The van der Waals surface area contributed by atoms with Gasteiger partial charge in [-0.25, -0.2) is 4.79 Å². The van der Waals surface area contributed by atoms with Gasteiger partial charge in [-0.1, -0.05) is 0 Å². The van der Waals surface area contributed by atoms with E-state index in [2.05, 4.69) is 5.32 Å². The van der Waals surface area contributed by atoms with E-state index in [9.17, 15) is 9.59 Å². The first kappa shape index (κ1) is 13.1. The Morgan fingerprint density at radius 1 is 1.35 bits per heavy atom. The fourth-order valence-corrected chi connectivity index (χ4v) is 3.05. The molecule has 5 nitrogen and oxygen atoms in total. The van der Waals surface area contributed by atoms with Crippen LogP contribution in [0.4, 0.5) is 5.69 Å². The van der Waals surface area contributed by atoms with Crippen molar-refractivity contribution < 1.29 is 14.7 Å². The normalized spacial score (nSPS) is 21.6. The third-order valence-corrected chi connectivity index (χ3v) is 4.13. The molecule has 1 atom stereocenters. The lowest BCUT2D eigenvalue weighted by Gasteiger charge is -2.27. The maximum absolute atomic E-state index is 12.6. The van der Waals surface area contributed by atoms with Gasteiger partial charge < -0.3 is 15.3 Å². The molecule has 0 spiro atoms. The van der Waals surface area contributed by atoms with E-state index in [-0.39, 0.29) is 17.4 Å². The summed E-state index contributed by atoms with van der Waals surface area (Å²) in [5, 5.41) is 12.3. The molecule has 2 N–H and O–H groups in total. The lowest BCUT2D eigenvalue weighted by molar-refractivity contribution is -0.122. The van der Waals surface area contributed by atoms with Gasteiger partial charge in [0.05, 0.1) is 11.5 Å². The Morgan fingerprint density at radius 3 is 2.90 bits per heavy atom. The van der Waals surface area contributed by atoms with Crippen molar-refractivity contribution in [2.45, 2.75) is 19.3 Å². The molecule has 0 aliphatic carbocycles. The number of fused-ring (bicyclic) bond motifs is 1. The van der Waals surface area contributed by atoms with Crippen LogP contribution in [-0.2, 0) is 11.2 Å². The number of piperidine rings is 1. The quantitative estimate of drug-likeness (QED) is 0.852. The minimum Gasteiger partial charge on any atom is -0.478 e. The summed E-state index contributed by atoms with van der Waals surface area (Å²) in [5.41, 5.74) is 2.13. The monoisotopic (exact) mass is 274 g/mol. The van der Waals surface area contributed by atoms with Crippen LogP contribution in [0.3, 0.4) is 0 Å². The first-order chi connectivity index (χ1) is 9.66. The fourth-order valence-electron chi connectivity index (χ4n) is 3.05. The predicted molar refractivity (Wildman–Crippen MR) is 75.1 cm³/mol. The summed E-state index contributed by atoms with van der Waals surface area (Å²) in [6.07, 6.45) is 2.71. The minimum absolute atomic E-state index is 0.0499. The summed E-state index contributed by atoms with van der Waals surface area (Å²) < 4.78 is 0. The Bertz CT molecular complexity index is 550. The highest BCUT2D eigenvalue weighted by Gasteiger charge is 2.31. The molecule has 0 bridgehead atoms. The molecule has 20 heavy (non-hydrogen) atoms. The lowest BCUT2D eigenvalue weighted by Crippen LogP contribution is -2.42. The van der Waals surface area contributed by atoms with Crippen LogP contribution < -0.4 is 10.2 Å². The van der Waals surface area contributed by atoms with E-state index in [1.54, 1.807) is 18.2 Å². The van der Waals surface area contributed by atoms with Crippen molar-refractivity contribution >= 4 is 17.6 Å². The van der Waals surface area contributed by atoms with Crippen LogP contribution in [0.2, 0.25) is 0 Å². The number of amides is 1. The summed E-state index contributed by atoms with van der Waals surface area (Å²) in [5.74, 6) is -0.707. The van der Waals surface area contributed by atoms with Crippen LogP contribution in [0.5, 0.6) is 0 Å². The first-order valence-electron chi connectivity index (χ1n) is 7.05. The van der Waals surface area contributed by atoms with E-state index < -0.39 is 5.97 Å². The van der Waals surface area contributed by atoms with Gasteiger partial charge in [0.25, 0.3) is 0 Å². The zero-order chi connectivity index (χ0) is 14.1. The van der Waals surface area contributed by atoms with Crippen molar-refractivity contribution in [1.82, 2.24) is 5.32 Å². The van der Waals surface area contributed by atoms with E-state index >= 15 is 0 Å². The largest absolute Gasteiger partial charge is 0.478 e. The standard InChI is InChI=1S/C15H18N2O3/c18-14(12-2-1-6-16-9-12)17-7-5-10-8-11(15(19)20)3-4-13(10)17/h3-4,8,12,16H,1-2,5-7,9H2,(H,19,20)/t12-/m1/s1. The van der Waals surface area contributed by atoms with E-state index in [1.165, 1.54) is 0 Å². The van der Waals surface area contributed by atoms with Crippen LogP contribution in [0.1, 0.15) is 28.8 Å². The molecule has 106 valence electrons. The highest BCUT2D eigenvalue weighted by molar-refractivity contribution is 5.98. The van der Waals surface area contributed by atoms with Gasteiger partial charge in [0, 0.05) is 18.8 Å². The number of nitrogens with zero attached hydrogens (tertiary/aromatic N) is 1. The molecule has 2 aliphatic rings. The molecule has 0 saturated carbocycles. The first-order valence-corrected chi connectivity index (χ1v) is 7.05. The smallest absolute Gasteiger partial charge is 0.335 e. The molecular weight excluding hydrogens is 256 g/mol. The Kier molecular flexibility index (Phi) is 3.44. The molecule has 0 unspecified atom stereocenters. The van der Waals surface area contributed by atoms with Gasteiger partial charge in [0.15, 0.2) is 0 Å². The molecule has 5 heteroatoms. The number of benzene rings is 1. The number of hydrogen-bond acceptors (Lipinski definition) is 3. The molecule has 0 aromatic heterocycles. The van der Waals surface area contributed by atoms with Crippen molar-refractivity contribution in [2.75, 3.05) is 24.5 Å². The maximum Gasteiger partial charge on any atom is 0.335 e. The number of aromatic carboxylic acids is 1. The second-order valence-corrected chi connectivity index (χ2v) is 5.43. The Balaban J connectivity index is 1.81. The Morgan fingerprint density at radius 2 is 2.20 bits per heavy atom. The fraction of sp³-hybridized carbons (Fsp3) is 0.467. The second kappa shape index (κ2) is 5.25. The number of hydrogen-bond donors (Lipinski definition) is 2. The van der Waals surface area contributed by atoms with Crippen LogP contribution >= 0.6 is 0 Å². The van der Waals surface area contributed by atoms with Crippen LogP contribution in [0, 0.1) is 5.92 Å². The van der Waals surface area contributed by atoms with E-state index in [0.717, 1.165) is 43.6 Å². The van der Waals surface area contributed by atoms with Crippen molar-refractivity contribution in [3.63, 3.8) is 0 Å². The summed E-state index contributed by atoms with van der Waals surface area (Å²) in [6, 6.07) is 5.02.